The van der Waals surface area contributed by atoms with Gasteiger partial charge >= 0.3 is 0 Å². The molecule has 0 spiro atoms. The van der Waals surface area contributed by atoms with E-state index < -0.39 is 0 Å². The van der Waals surface area contributed by atoms with Crippen molar-refractivity contribution in [2.75, 3.05) is 5.32 Å². The summed E-state index contributed by atoms with van der Waals surface area (Å²) in [5.41, 5.74) is 1.23. The maximum atomic E-state index is 5.00. The molecule has 0 aliphatic carbocycles. The summed E-state index contributed by atoms with van der Waals surface area (Å²) in [6.07, 6.45) is 1.60. The van der Waals surface area contributed by atoms with E-state index in [1.165, 1.54) is 5.56 Å². The molecule has 4 heteroatoms. The van der Waals surface area contributed by atoms with E-state index in [1.807, 2.05) is 24.3 Å². The lowest BCUT2D eigenvalue weighted by Gasteiger charge is -2.14. The summed E-state index contributed by atoms with van der Waals surface area (Å²) in [6.45, 7) is 2.10. The normalized spacial score (nSPS) is 12.1. The number of benzene rings is 1. The van der Waals surface area contributed by atoms with Gasteiger partial charge in [-0.3, -0.25) is 0 Å². The van der Waals surface area contributed by atoms with Crippen molar-refractivity contribution in [1.29, 1.82) is 0 Å². The summed E-state index contributed by atoms with van der Waals surface area (Å²) in [5, 5.41) is 3.34. The minimum Gasteiger partial charge on any atom is -0.365 e. The van der Waals surface area contributed by atoms with Crippen molar-refractivity contribution in [3.63, 3.8) is 0 Å². The van der Waals surface area contributed by atoms with Crippen LogP contribution in [0.15, 0.2) is 42.7 Å². The van der Waals surface area contributed by atoms with Crippen molar-refractivity contribution in [2.24, 2.45) is 0 Å². The molecule has 0 aliphatic rings. The lowest BCUT2D eigenvalue weighted by molar-refractivity contribution is 0.871. The van der Waals surface area contributed by atoms with E-state index in [9.17, 15) is 0 Å². The second-order valence-electron chi connectivity index (χ2n) is 3.58. The topological polar surface area (TPSA) is 40.7 Å². The molecule has 1 unspecified atom stereocenters. The Morgan fingerprint density at radius 3 is 2.75 bits per heavy atom. The predicted octanol–water partition coefficient (Wildman–Crippen LogP) is 3.31. The fourth-order valence-corrected chi connectivity index (χ4v) is 1.68. The Kier molecular flexibility index (Phi) is 3.31. The predicted molar refractivity (Wildman–Crippen MR) is 67.9 cm³/mol. The lowest BCUT2D eigenvalue weighted by atomic mass is 10.1. The summed E-state index contributed by atoms with van der Waals surface area (Å²) in [5.74, 6) is 0.886. The molecule has 0 bridgehead atoms. The molecule has 1 heterocycles. The molecule has 0 saturated heterocycles. The van der Waals surface area contributed by atoms with E-state index in [0.29, 0.717) is 4.64 Å². The third-order valence-corrected chi connectivity index (χ3v) is 2.57. The Hall–Kier alpha value is -1.68. The number of rotatable bonds is 3. The first kappa shape index (κ1) is 10.8. The van der Waals surface area contributed by atoms with Crippen LogP contribution in [0.2, 0.25) is 0 Å². The van der Waals surface area contributed by atoms with Crippen LogP contribution in [-0.4, -0.2) is 9.97 Å². The standard InChI is InChI=1S/C12H13N3S/c1-9(10-5-3-2-4-6-10)15-11-7-12(16)14-8-13-11/h2-9H,1H3,(H2,13,14,15,16). The van der Waals surface area contributed by atoms with E-state index in [4.69, 9.17) is 12.2 Å². The molecule has 82 valence electrons. The van der Waals surface area contributed by atoms with Crippen molar-refractivity contribution in [1.82, 2.24) is 9.97 Å². The van der Waals surface area contributed by atoms with Gasteiger partial charge in [0.2, 0.25) is 0 Å². The van der Waals surface area contributed by atoms with Crippen molar-refractivity contribution in [3.05, 3.63) is 52.9 Å². The minimum absolute atomic E-state index is 0.231. The molecule has 1 aromatic heterocycles. The van der Waals surface area contributed by atoms with Crippen LogP contribution in [0.25, 0.3) is 0 Å². The molecular formula is C12H13N3S. The largest absolute Gasteiger partial charge is 0.365 e. The number of nitrogens with zero attached hydrogens (tertiary/aromatic N) is 1. The molecule has 0 fully saturated rings. The maximum absolute atomic E-state index is 5.00. The molecule has 2 rings (SSSR count). The number of hydrogen-bond acceptors (Lipinski definition) is 3. The average molecular weight is 231 g/mol. The summed E-state index contributed by atoms with van der Waals surface area (Å²) < 4.78 is 0.585. The number of H-pyrrole nitrogens is 1. The first-order chi connectivity index (χ1) is 7.75. The monoisotopic (exact) mass is 231 g/mol. The molecule has 1 atom stereocenters. The molecular weight excluding hydrogens is 218 g/mol. The SMILES string of the molecule is CC(Nc1cc(=S)nc[nH]1)c1ccccc1. The van der Waals surface area contributed by atoms with Crippen molar-refractivity contribution in [3.8, 4) is 0 Å². The first-order valence-electron chi connectivity index (χ1n) is 5.12. The van der Waals surface area contributed by atoms with Crippen LogP contribution in [0.4, 0.5) is 5.82 Å². The molecule has 3 nitrogen and oxygen atoms in total. The van der Waals surface area contributed by atoms with Crippen LogP contribution >= 0.6 is 12.2 Å². The zero-order valence-electron chi connectivity index (χ0n) is 8.97. The summed E-state index contributed by atoms with van der Waals surface area (Å²) in [4.78, 5) is 6.96. The van der Waals surface area contributed by atoms with Crippen LogP contribution in [0, 0.1) is 4.64 Å². The number of hydrogen-bond donors (Lipinski definition) is 2. The van der Waals surface area contributed by atoms with Crippen molar-refractivity contribution >= 4 is 18.0 Å². The van der Waals surface area contributed by atoms with Gasteiger partial charge in [0.1, 0.15) is 10.5 Å². The summed E-state index contributed by atoms with van der Waals surface area (Å²) in [7, 11) is 0. The highest BCUT2D eigenvalue weighted by atomic mass is 32.1. The Bertz CT molecular complexity index is 507. The van der Waals surface area contributed by atoms with Gasteiger partial charge in [0, 0.05) is 12.1 Å². The molecule has 0 aliphatic heterocycles. The second-order valence-corrected chi connectivity index (χ2v) is 3.99. The van der Waals surface area contributed by atoms with E-state index in [0.717, 1.165) is 5.82 Å². The van der Waals surface area contributed by atoms with Crippen LogP contribution < -0.4 is 5.32 Å². The number of aromatic amines is 1. The molecule has 0 amide bonds. The molecule has 2 N–H and O–H groups in total. The van der Waals surface area contributed by atoms with Gasteiger partial charge in [-0.25, -0.2) is 4.98 Å². The second kappa shape index (κ2) is 4.90. The van der Waals surface area contributed by atoms with Crippen LogP contribution in [0.3, 0.4) is 0 Å². The van der Waals surface area contributed by atoms with E-state index >= 15 is 0 Å². The number of anilines is 1. The molecule has 1 aromatic carbocycles. The smallest absolute Gasteiger partial charge is 0.131 e. The number of aromatic nitrogens is 2. The third kappa shape index (κ3) is 2.67. The van der Waals surface area contributed by atoms with Crippen molar-refractivity contribution in [2.45, 2.75) is 13.0 Å². The van der Waals surface area contributed by atoms with E-state index in [2.05, 4.69) is 34.3 Å². The molecule has 2 aromatic rings. The highest BCUT2D eigenvalue weighted by Gasteiger charge is 2.03. The Labute approximate surface area is 99.6 Å². The summed E-state index contributed by atoms with van der Waals surface area (Å²) in [6, 6.07) is 12.3. The lowest BCUT2D eigenvalue weighted by Crippen LogP contribution is -2.07. The van der Waals surface area contributed by atoms with E-state index in [1.54, 1.807) is 6.33 Å². The van der Waals surface area contributed by atoms with Gasteiger partial charge in [0.05, 0.1) is 6.33 Å². The minimum atomic E-state index is 0.231. The fourth-order valence-electron chi connectivity index (χ4n) is 1.51. The van der Waals surface area contributed by atoms with Gasteiger partial charge < -0.3 is 10.3 Å². The highest BCUT2D eigenvalue weighted by Crippen LogP contribution is 2.16. The zero-order valence-corrected chi connectivity index (χ0v) is 9.79. The van der Waals surface area contributed by atoms with Gasteiger partial charge in [-0.05, 0) is 12.5 Å². The molecule has 0 radical (unpaired) electrons. The quantitative estimate of drug-likeness (QED) is 0.796. The van der Waals surface area contributed by atoms with E-state index in [-0.39, 0.29) is 6.04 Å². The summed E-state index contributed by atoms with van der Waals surface area (Å²) >= 11 is 5.00. The number of nitrogens with one attached hydrogen (secondary N) is 2. The highest BCUT2D eigenvalue weighted by molar-refractivity contribution is 7.71. The average Bonchev–Trinajstić information content (AvgIpc) is 2.30. The van der Waals surface area contributed by atoms with Gasteiger partial charge in [-0.1, -0.05) is 42.5 Å². The zero-order chi connectivity index (χ0) is 11.4. The maximum Gasteiger partial charge on any atom is 0.131 e. The van der Waals surface area contributed by atoms with Gasteiger partial charge in [0.15, 0.2) is 0 Å². The van der Waals surface area contributed by atoms with Gasteiger partial charge in [0.25, 0.3) is 0 Å². The molecule has 16 heavy (non-hydrogen) atoms. The Balaban J connectivity index is 2.14. The molecule has 0 saturated carbocycles. The van der Waals surface area contributed by atoms with Crippen LogP contribution in [0.1, 0.15) is 18.5 Å². The Morgan fingerprint density at radius 2 is 2.06 bits per heavy atom. The first-order valence-corrected chi connectivity index (χ1v) is 5.53. The van der Waals surface area contributed by atoms with Crippen LogP contribution in [0.5, 0.6) is 0 Å². The Morgan fingerprint density at radius 1 is 1.31 bits per heavy atom. The third-order valence-electron chi connectivity index (χ3n) is 2.35. The van der Waals surface area contributed by atoms with Crippen LogP contribution in [-0.2, 0) is 0 Å². The van der Waals surface area contributed by atoms with Crippen molar-refractivity contribution < 1.29 is 0 Å². The van der Waals surface area contributed by atoms with Gasteiger partial charge in [-0.2, -0.15) is 0 Å². The fraction of sp³-hybridized carbons (Fsp3) is 0.167. The van der Waals surface area contributed by atoms with Gasteiger partial charge in [-0.15, -0.1) is 0 Å².